The van der Waals surface area contributed by atoms with Gasteiger partial charge in [-0.25, -0.2) is 8.42 Å². The van der Waals surface area contributed by atoms with Crippen molar-refractivity contribution in [3.05, 3.63) is 47.5 Å². The zero-order valence-corrected chi connectivity index (χ0v) is 19.2. The second kappa shape index (κ2) is 9.84. The number of nitrogens with one attached hydrogen (secondary N) is 1. The molecule has 0 unspecified atom stereocenters. The molecule has 1 N–H and O–H groups in total. The van der Waals surface area contributed by atoms with Crippen LogP contribution in [0.5, 0.6) is 11.5 Å². The average molecular weight is 435 g/mol. The number of para-hydroxylation sites is 1. The van der Waals surface area contributed by atoms with Crippen LogP contribution in [0, 0.1) is 0 Å². The summed E-state index contributed by atoms with van der Waals surface area (Å²) in [7, 11) is -0.787. The SMILES string of the molecule is CCc1cccc(CC)c1NC(=O)[C@@H](C)N(c1ccc(OC)c(OC)c1)S(C)(=O)=O. The van der Waals surface area contributed by atoms with Gasteiger partial charge in [-0.1, -0.05) is 32.0 Å². The zero-order valence-electron chi connectivity index (χ0n) is 18.4. The van der Waals surface area contributed by atoms with Crippen molar-refractivity contribution in [2.45, 2.75) is 39.7 Å². The Labute approximate surface area is 179 Å². The van der Waals surface area contributed by atoms with E-state index in [2.05, 4.69) is 5.32 Å². The van der Waals surface area contributed by atoms with Crippen molar-refractivity contribution in [1.82, 2.24) is 0 Å². The quantitative estimate of drug-likeness (QED) is 0.652. The second-order valence-corrected chi connectivity index (χ2v) is 8.78. The van der Waals surface area contributed by atoms with Gasteiger partial charge in [0, 0.05) is 11.8 Å². The third-order valence-corrected chi connectivity index (χ3v) is 6.20. The van der Waals surface area contributed by atoms with Crippen LogP contribution in [-0.2, 0) is 27.7 Å². The van der Waals surface area contributed by atoms with Gasteiger partial charge in [-0.2, -0.15) is 0 Å². The maximum absolute atomic E-state index is 13.1. The molecule has 1 atom stereocenters. The number of anilines is 2. The highest BCUT2D eigenvalue weighted by atomic mass is 32.2. The summed E-state index contributed by atoms with van der Waals surface area (Å²) in [5.41, 5.74) is 3.08. The number of aryl methyl sites for hydroxylation is 2. The molecule has 1 amide bonds. The standard InChI is InChI=1S/C22H30N2O5S/c1-7-16-10-9-11-17(8-2)21(16)23-22(25)15(3)24(30(6,26)27)18-12-13-19(28-4)20(14-18)29-5/h9-15H,7-8H2,1-6H3,(H,23,25)/t15-/m1/s1. The van der Waals surface area contributed by atoms with Gasteiger partial charge in [0.15, 0.2) is 11.5 Å². The lowest BCUT2D eigenvalue weighted by molar-refractivity contribution is -0.116. The minimum Gasteiger partial charge on any atom is -0.493 e. The predicted molar refractivity (Wildman–Crippen MR) is 120 cm³/mol. The molecule has 2 aromatic carbocycles. The molecule has 0 aliphatic rings. The minimum atomic E-state index is -3.75. The first-order chi connectivity index (χ1) is 14.2. The number of ether oxygens (including phenoxy) is 2. The fraction of sp³-hybridized carbons (Fsp3) is 0.409. The van der Waals surface area contributed by atoms with Crippen LogP contribution >= 0.6 is 0 Å². The topological polar surface area (TPSA) is 84.9 Å². The van der Waals surface area contributed by atoms with Gasteiger partial charge in [-0.05, 0) is 43.0 Å². The first kappa shape index (κ1) is 23.5. The molecule has 0 fully saturated rings. The van der Waals surface area contributed by atoms with Gasteiger partial charge in [-0.3, -0.25) is 9.10 Å². The van der Waals surface area contributed by atoms with Gasteiger partial charge in [0.2, 0.25) is 15.9 Å². The lowest BCUT2D eigenvalue weighted by Gasteiger charge is -2.29. The molecule has 0 aliphatic heterocycles. The molecule has 0 bridgehead atoms. The van der Waals surface area contributed by atoms with Crippen LogP contribution in [0.2, 0.25) is 0 Å². The summed E-state index contributed by atoms with van der Waals surface area (Å²) in [5, 5.41) is 2.95. The molecule has 30 heavy (non-hydrogen) atoms. The van der Waals surface area contributed by atoms with E-state index in [0.717, 1.165) is 40.2 Å². The third kappa shape index (κ3) is 5.05. The largest absolute Gasteiger partial charge is 0.493 e. The Morgan fingerprint density at radius 1 is 1.03 bits per heavy atom. The van der Waals surface area contributed by atoms with E-state index in [0.29, 0.717) is 17.2 Å². The number of carbonyl (C=O) groups is 1. The molecule has 0 heterocycles. The average Bonchev–Trinajstić information content (AvgIpc) is 2.72. The monoisotopic (exact) mass is 434 g/mol. The van der Waals surface area contributed by atoms with Crippen molar-refractivity contribution in [2.24, 2.45) is 0 Å². The maximum Gasteiger partial charge on any atom is 0.248 e. The first-order valence-corrected chi connectivity index (χ1v) is 11.7. The molecule has 164 valence electrons. The molecule has 0 radical (unpaired) electrons. The van der Waals surface area contributed by atoms with E-state index in [1.807, 2.05) is 32.0 Å². The molecule has 2 aromatic rings. The summed E-state index contributed by atoms with van der Waals surface area (Å²) in [6.45, 7) is 5.59. The number of carbonyl (C=O) groups excluding carboxylic acids is 1. The van der Waals surface area contributed by atoms with Gasteiger partial charge in [0.1, 0.15) is 6.04 Å². The Balaban J connectivity index is 2.44. The lowest BCUT2D eigenvalue weighted by Crippen LogP contribution is -2.45. The van der Waals surface area contributed by atoms with Crippen molar-refractivity contribution in [3.8, 4) is 11.5 Å². The smallest absolute Gasteiger partial charge is 0.248 e. The van der Waals surface area contributed by atoms with Gasteiger partial charge in [0.25, 0.3) is 0 Å². The Morgan fingerprint density at radius 3 is 2.07 bits per heavy atom. The fourth-order valence-electron chi connectivity index (χ4n) is 3.40. The van der Waals surface area contributed by atoms with E-state index in [1.165, 1.54) is 14.2 Å². The predicted octanol–water partition coefficient (Wildman–Crippen LogP) is 3.62. The van der Waals surface area contributed by atoms with E-state index < -0.39 is 22.0 Å². The Hall–Kier alpha value is -2.74. The number of hydrogen-bond acceptors (Lipinski definition) is 5. The summed E-state index contributed by atoms with van der Waals surface area (Å²) < 4.78 is 36.8. The molecular formula is C22H30N2O5S. The molecule has 0 saturated heterocycles. The van der Waals surface area contributed by atoms with Crippen LogP contribution in [0.1, 0.15) is 31.9 Å². The number of rotatable bonds is 9. The number of sulfonamides is 1. The van der Waals surface area contributed by atoms with Crippen molar-refractivity contribution >= 4 is 27.3 Å². The van der Waals surface area contributed by atoms with E-state index in [9.17, 15) is 13.2 Å². The number of amides is 1. The van der Waals surface area contributed by atoms with Crippen molar-refractivity contribution in [3.63, 3.8) is 0 Å². The maximum atomic E-state index is 13.1. The molecular weight excluding hydrogens is 404 g/mol. The van der Waals surface area contributed by atoms with Crippen LogP contribution in [0.3, 0.4) is 0 Å². The summed E-state index contributed by atoms with van der Waals surface area (Å²) in [5.74, 6) is 0.433. The van der Waals surface area contributed by atoms with Crippen molar-refractivity contribution in [1.29, 1.82) is 0 Å². The van der Waals surface area contributed by atoms with Gasteiger partial charge in [0.05, 0.1) is 26.2 Å². The number of nitrogens with zero attached hydrogens (tertiary/aromatic N) is 1. The Morgan fingerprint density at radius 2 is 1.60 bits per heavy atom. The molecule has 0 spiro atoms. The highest BCUT2D eigenvalue weighted by Crippen LogP contribution is 2.33. The van der Waals surface area contributed by atoms with Crippen LogP contribution in [0.4, 0.5) is 11.4 Å². The number of benzene rings is 2. The highest BCUT2D eigenvalue weighted by molar-refractivity contribution is 7.92. The van der Waals surface area contributed by atoms with Crippen LogP contribution < -0.4 is 19.1 Å². The van der Waals surface area contributed by atoms with Crippen LogP contribution in [0.15, 0.2) is 36.4 Å². The van der Waals surface area contributed by atoms with Crippen molar-refractivity contribution < 1.29 is 22.7 Å². The minimum absolute atomic E-state index is 0.317. The van der Waals surface area contributed by atoms with E-state index >= 15 is 0 Å². The molecule has 7 nitrogen and oxygen atoms in total. The normalized spacial score (nSPS) is 12.2. The molecule has 0 aromatic heterocycles. The summed E-state index contributed by atoms with van der Waals surface area (Å²) >= 11 is 0. The van der Waals surface area contributed by atoms with Gasteiger partial charge >= 0.3 is 0 Å². The molecule has 0 aliphatic carbocycles. The van der Waals surface area contributed by atoms with Crippen LogP contribution in [-0.4, -0.2) is 40.8 Å². The second-order valence-electron chi connectivity index (χ2n) is 6.92. The summed E-state index contributed by atoms with van der Waals surface area (Å²) in [6.07, 6.45) is 2.58. The number of hydrogen-bond donors (Lipinski definition) is 1. The lowest BCUT2D eigenvalue weighted by atomic mass is 10.0. The number of methoxy groups -OCH3 is 2. The highest BCUT2D eigenvalue weighted by Gasteiger charge is 2.30. The van der Waals surface area contributed by atoms with E-state index in [1.54, 1.807) is 25.1 Å². The molecule has 2 rings (SSSR count). The molecule has 8 heteroatoms. The van der Waals surface area contributed by atoms with E-state index in [-0.39, 0.29) is 0 Å². The van der Waals surface area contributed by atoms with E-state index in [4.69, 9.17) is 9.47 Å². The third-order valence-electron chi connectivity index (χ3n) is 4.96. The Kier molecular flexibility index (Phi) is 7.72. The van der Waals surface area contributed by atoms with Crippen molar-refractivity contribution in [2.75, 3.05) is 30.1 Å². The zero-order chi connectivity index (χ0) is 22.5. The fourth-order valence-corrected chi connectivity index (χ4v) is 4.57. The molecule has 0 saturated carbocycles. The first-order valence-electron chi connectivity index (χ1n) is 9.80. The Bertz CT molecular complexity index is 982. The van der Waals surface area contributed by atoms with Gasteiger partial charge in [-0.15, -0.1) is 0 Å². The summed E-state index contributed by atoms with van der Waals surface area (Å²) in [6, 6.07) is 9.64. The summed E-state index contributed by atoms with van der Waals surface area (Å²) in [4.78, 5) is 13.1. The van der Waals surface area contributed by atoms with Crippen LogP contribution in [0.25, 0.3) is 0 Å². The van der Waals surface area contributed by atoms with Gasteiger partial charge < -0.3 is 14.8 Å².